The molecule has 0 amide bonds. The zero-order valence-electron chi connectivity index (χ0n) is 16.2. The van der Waals surface area contributed by atoms with Gasteiger partial charge in [0.05, 0.1) is 19.3 Å². The first-order chi connectivity index (χ1) is 12.7. The van der Waals surface area contributed by atoms with Crippen LogP contribution in [0.15, 0.2) is 23.2 Å². The van der Waals surface area contributed by atoms with Crippen molar-refractivity contribution in [3.8, 4) is 5.75 Å². The molecule has 2 heterocycles. The third-order valence-electron chi connectivity index (χ3n) is 4.83. The van der Waals surface area contributed by atoms with Gasteiger partial charge in [-0.3, -0.25) is 4.99 Å². The van der Waals surface area contributed by atoms with E-state index in [1.54, 1.807) is 0 Å². The van der Waals surface area contributed by atoms with Crippen molar-refractivity contribution in [1.82, 2.24) is 10.2 Å². The molecule has 2 aliphatic rings. The van der Waals surface area contributed by atoms with E-state index in [9.17, 15) is 0 Å². The summed E-state index contributed by atoms with van der Waals surface area (Å²) in [5, 5.41) is 3.40. The molecule has 26 heavy (non-hydrogen) atoms. The maximum atomic E-state index is 5.92. The fraction of sp³-hybridized carbons (Fsp3) is 0.650. The second kappa shape index (κ2) is 9.24. The number of ether oxygens (including phenoxy) is 3. The number of nitrogens with zero attached hydrogens (tertiary/aromatic N) is 2. The molecule has 144 valence electrons. The summed E-state index contributed by atoms with van der Waals surface area (Å²) in [4.78, 5) is 6.68. The van der Waals surface area contributed by atoms with E-state index in [4.69, 9.17) is 14.2 Å². The molecule has 1 N–H and O–H groups in total. The Morgan fingerprint density at radius 2 is 1.96 bits per heavy atom. The van der Waals surface area contributed by atoms with Gasteiger partial charge in [0.1, 0.15) is 18.5 Å². The lowest BCUT2D eigenvalue weighted by molar-refractivity contribution is -0.0817. The molecule has 0 saturated carbocycles. The number of morpholine rings is 1. The predicted molar refractivity (Wildman–Crippen MR) is 103 cm³/mol. The van der Waals surface area contributed by atoms with Crippen LogP contribution < -0.4 is 10.1 Å². The topological polar surface area (TPSA) is 55.3 Å². The van der Waals surface area contributed by atoms with Crippen molar-refractivity contribution in [2.45, 2.75) is 38.9 Å². The summed E-state index contributed by atoms with van der Waals surface area (Å²) >= 11 is 0. The molecular formula is C20H31N3O3. The molecule has 2 aliphatic heterocycles. The second-order valence-corrected chi connectivity index (χ2v) is 7.05. The zero-order valence-corrected chi connectivity index (χ0v) is 16.2. The summed E-state index contributed by atoms with van der Waals surface area (Å²) in [5.74, 6) is 1.82. The van der Waals surface area contributed by atoms with Gasteiger partial charge in [-0.15, -0.1) is 0 Å². The van der Waals surface area contributed by atoms with Crippen LogP contribution >= 0.6 is 0 Å². The van der Waals surface area contributed by atoms with Gasteiger partial charge >= 0.3 is 0 Å². The summed E-state index contributed by atoms with van der Waals surface area (Å²) < 4.78 is 17.6. The Labute approximate surface area is 156 Å². The Kier molecular flexibility index (Phi) is 6.74. The minimum Gasteiger partial charge on any atom is -0.492 e. The molecule has 6 nitrogen and oxygen atoms in total. The number of rotatable bonds is 5. The molecule has 0 radical (unpaired) electrons. The van der Waals surface area contributed by atoms with Crippen LogP contribution in [0.1, 0.15) is 24.0 Å². The van der Waals surface area contributed by atoms with Crippen LogP contribution in [0.3, 0.4) is 0 Å². The van der Waals surface area contributed by atoms with Crippen LogP contribution in [-0.2, 0) is 9.47 Å². The predicted octanol–water partition coefficient (Wildman–Crippen LogP) is 2.14. The lowest BCUT2D eigenvalue weighted by Gasteiger charge is -2.37. The molecule has 0 bridgehead atoms. The minimum atomic E-state index is 0.135. The van der Waals surface area contributed by atoms with Gasteiger partial charge in [0, 0.05) is 26.7 Å². The number of aliphatic imine (C=N–C) groups is 1. The quantitative estimate of drug-likeness (QED) is 0.495. The molecule has 0 spiro atoms. The molecule has 2 unspecified atom stereocenters. The van der Waals surface area contributed by atoms with Gasteiger partial charge in [0.2, 0.25) is 0 Å². The highest BCUT2D eigenvalue weighted by atomic mass is 16.5. The minimum absolute atomic E-state index is 0.135. The molecule has 1 aromatic carbocycles. The van der Waals surface area contributed by atoms with Crippen LogP contribution in [0.5, 0.6) is 5.75 Å². The summed E-state index contributed by atoms with van der Waals surface area (Å²) in [6.07, 6.45) is 2.58. The highest BCUT2D eigenvalue weighted by molar-refractivity contribution is 5.80. The molecule has 2 saturated heterocycles. The van der Waals surface area contributed by atoms with Crippen LogP contribution in [0.25, 0.3) is 0 Å². The van der Waals surface area contributed by atoms with Gasteiger partial charge in [-0.1, -0.05) is 6.07 Å². The number of aryl methyl sites for hydroxylation is 2. The smallest absolute Gasteiger partial charge is 0.193 e. The maximum absolute atomic E-state index is 5.92. The first-order valence-corrected chi connectivity index (χ1v) is 9.55. The first-order valence-electron chi connectivity index (χ1n) is 9.55. The Bertz CT molecular complexity index is 594. The lowest BCUT2D eigenvalue weighted by Crippen LogP contribution is -2.53. The standard InChI is InChI=1S/C20H31N3O3/c1-15-11-16(2)13-17(12-15)24-9-6-22-20(21-3)23-7-10-26-19(14-23)18-5-4-8-25-18/h11-13,18-19H,4-10,14H2,1-3H3,(H,21,22). The molecule has 0 aliphatic carbocycles. The summed E-state index contributed by atoms with van der Waals surface area (Å²) in [7, 11) is 1.82. The van der Waals surface area contributed by atoms with Crippen molar-refractivity contribution in [3.63, 3.8) is 0 Å². The number of hydrogen-bond donors (Lipinski definition) is 1. The Balaban J connectivity index is 1.45. The van der Waals surface area contributed by atoms with E-state index in [0.717, 1.165) is 44.2 Å². The third-order valence-corrected chi connectivity index (χ3v) is 4.83. The fourth-order valence-electron chi connectivity index (χ4n) is 3.67. The van der Waals surface area contributed by atoms with Gasteiger partial charge < -0.3 is 24.4 Å². The van der Waals surface area contributed by atoms with Crippen molar-refractivity contribution in [2.75, 3.05) is 46.5 Å². The number of nitrogens with one attached hydrogen (secondary N) is 1. The lowest BCUT2D eigenvalue weighted by atomic mass is 10.1. The van der Waals surface area contributed by atoms with Crippen LogP contribution in [0.2, 0.25) is 0 Å². The third kappa shape index (κ3) is 5.11. The summed E-state index contributed by atoms with van der Waals surface area (Å²) in [6, 6.07) is 6.28. The van der Waals surface area contributed by atoms with Crippen LogP contribution in [0.4, 0.5) is 0 Å². The Morgan fingerprint density at radius 3 is 2.65 bits per heavy atom. The average Bonchev–Trinajstić information content (AvgIpc) is 3.16. The second-order valence-electron chi connectivity index (χ2n) is 7.05. The Morgan fingerprint density at radius 1 is 1.19 bits per heavy atom. The fourth-order valence-corrected chi connectivity index (χ4v) is 3.67. The van der Waals surface area contributed by atoms with Crippen molar-refractivity contribution in [2.24, 2.45) is 4.99 Å². The normalized spacial score (nSPS) is 24.0. The average molecular weight is 361 g/mol. The van der Waals surface area contributed by atoms with Crippen LogP contribution in [0, 0.1) is 13.8 Å². The van der Waals surface area contributed by atoms with E-state index >= 15 is 0 Å². The highest BCUT2D eigenvalue weighted by Crippen LogP contribution is 2.21. The van der Waals surface area contributed by atoms with E-state index in [1.807, 2.05) is 7.05 Å². The monoisotopic (exact) mass is 361 g/mol. The van der Waals surface area contributed by atoms with Crippen molar-refractivity contribution in [3.05, 3.63) is 29.3 Å². The van der Waals surface area contributed by atoms with E-state index < -0.39 is 0 Å². The summed E-state index contributed by atoms with van der Waals surface area (Å²) in [6.45, 7) is 8.72. The molecule has 2 atom stereocenters. The van der Waals surface area contributed by atoms with Gasteiger partial charge in [-0.2, -0.15) is 0 Å². The molecule has 1 aromatic rings. The highest BCUT2D eigenvalue weighted by Gasteiger charge is 2.32. The van der Waals surface area contributed by atoms with Crippen molar-refractivity contribution < 1.29 is 14.2 Å². The molecular weight excluding hydrogens is 330 g/mol. The number of hydrogen-bond acceptors (Lipinski definition) is 4. The van der Waals surface area contributed by atoms with Crippen molar-refractivity contribution in [1.29, 1.82) is 0 Å². The molecule has 6 heteroatoms. The van der Waals surface area contributed by atoms with E-state index in [-0.39, 0.29) is 12.2 Å². The van der Waals surface area contributed by atoms with Gasteiger partial charge in [-0.05, 0) is 49.9 Å². The largest absolute Gasteiger partial charge is 0.492 e. The zero-order chi connectivity index (χ0) is 18.4. The SMILES string of the molecule is CN=C(NCCOc1cc(C)cc(C)c1)N1CCOC(C2CCCO2)C1. The van der Waals surface area contributed by atoms with E-state index in [2.05, 4.69) is 47.3 Å². The first kappa shape index (κ1) is 19.0. The van der Waals surface area contributed by atoms with Crippen LogP contribution in [-0.4, -0.2) is 69.6 Å². The molecule has 0 aromatic heterocycles. The molecule has 2 fully saturated rings. The maximum Gasteiger partial charge on any atom is 0.193 e. The van der Waals surface area contributed by atoms with E-state index in [1.165, 1.54) is 11.1 Å². The van der Waals surface area contributed by atoms with E-state index in [0.29, 0.717) is 19.8 Å². The Hall–Kier alpha value is -1.79. The van der Waals surface area contributed by atoms with Gasteiger partial charge in [0.25, 0.3) is 0 Å². The summed E-state index contributed by atoms with van der Waals surface area (Å²) in [5.41, 5.74) is 2.44. The van der Waals surface area contributed by atoms with Gasteiger partial charge in [-0.25, -0.2) is 0 Å². The van der Waals surface area contributed by atoms with Crippen molar-refractivity contribution >= 4 is 5.96 Å². The molecule has 3 rings (SSSR count). The van der Waals surface area contributed by atoms with Gasteiger partial charge in [0.15, 0.2) is 5.96 Å². The number of guanidine groups is 1. The number of benzene rings is 1.